The Morgan fingerprint density at radius 3 is 2.67 bits per heavy atom. The first-order chi connectivity index (χ1) is 7.09. The van der Waals surface area contributed by atoms with Gasteiger partial charge < -0.3 is 4.74 Å². The van der Waals surface area contributed by atoms with Gasteiger partial charge in [-0.3, -0.25) is 4.79 Å². The van der Waals surface area contributed by atoms with Gasteiger partial charge in [0.25, 0.3) is 0 Å². The molecule has 0 heterocycles. The average Bonchev–Trinajstić information content (AvgIpc) is 2.18. The summed E-state index contributed by atoms with van der Waals surface area (Å²) in [5.74, 6) is 0.247. The van der Waals surface area contributed by atoms with E-state index in [-0.39, 0.29) is 5.97 Å². The molecule has 1 aromatic carbocycles. The predicted octanol–water partition coefficient (Wildman–Crippen LogP) is 3.03. The van der Waals surface area contributed by atoms with E-state index in [9.17, 15) is 4.79 Å². The summed E-state index contributed by atoms with van der Waals surface area (Å²) in [6.07, 6.45) is 0.367. The first-order valence-corrected chi connectivity index (χ1v) is 6.06. The van der Waals surface area contributed by atoms with Gasteiger partial charge in [0.1, 0.15) is 0 Å². The number of carbonyl (C=O) groups is 1. The number of benzene rings is 1. The molecule has 0 radical (unpaired) electrons. The molecule has 0 atom stereocenters. The fourth-order valence-electron chi connectivity index (χ4n) is 1.11. The molecule has 0 spiro atoms. The predicted molar refractivity (Wildman–Crippen MR) is 68.7 cm³/mol. The van der Waals surface area contributed by atoms with Gasteiger partial charge in [-0.05, 0) is 40.1 Å². The van der Waals surface area contributed by atoms with Crippen molar-refractivity contribution in [2.75, 3.05) is 6.61 Å². The SMILES string of the molecule is CC(C)COC(=O)Cc1ccccc1I. The molecule has 2 nitrogen and oxygen atoms in total. The van der Waals surface area contributed by atoms with Gasteiger partial charge in [0.15, 0.2) is 0 Å². The third-order valence-corrected chi connectivity index (χ3v) is 2.92. The maximum Gasteiger partial charge on any atom is 0.310 e. The van der Waals surface area contributed by atoms with E-state index in [1.54, 1.807) is 0 Å². The van der Waals surface area contributed by atoms with E-state index in [1.165, 1.54) is 0 Å². The van der Waals surface area contributed by atoms with Crippen LogP contribution in [0, 0.1) is 9.49 Å². The van der Waals surface area contributed by atoms with Crippen molar-refractivity contribution in [3.05, 3.63) is 33.4 Å². The van der Waals surface area contributed by atoms with Crippen LogP contribution in [0.25, 0.3) is 0 Å². The van der Waals surface area contributed by atoms with Crippen molar-refractivity contribution >= 4 is 28.6 Å². The molecular formula is C12H15IO2. The second-order valence-corrected chi connectivity index (χ2v) is 5.01. The van der Waals surface area contributed by atoms with Crippen LogP contribution >= 0.6 is 22.6 Å². The standard InChI is InChI=1S/C12H15IO2/c1-9(2)8-15-12(14)7-10-5-3-4-6-11(10)13/h3-6,9H,7-8H2,1-2H3. The summed E-state index contributed by atoms with van der Waals surface area (Å²) >= 11 is 2.23. The summed E-state index contributed by atoms with van der Waals surface area (Å²) in [5, 5.41) is 0. The molecule has 0 aromatic heterocycles. The second kappa shape index (κ2) is 6.10. The van der Waals surface area contributed by atoms with E-state index in [0.717, 1.165) is 9.13 Å². The van der Waals surface area contributed by atoms with E-state index in [4.69, 9.17) is 4.74 Å². The van der Waals surface area contributed by atoms with E-state index in [0.29, 0.717) is 18.9 Å². The molecule has 15 heavy (non-hydrogen) atoms. The average molecular weight is 318 g/mol. The Morgan fingerprint density at radius 2 is 2.07 bits per heavy atom. The molecule has 82 valence electrons. The van der Waals surface area contributed by atoms with Gasteiger partial charge in [0.2, 0.25) is 0 Å². The Morgan fingerprint density at radius 1 is 1.40 bits per heavy atom. The summed E-state index contributed by atoms with van der Waals surface area (Å²) in [4.78, 5) is 11.4. The fourth-order valence-corrected chi connectivity index (χ4v) is 1.69. The van der Waals surface area contributed by atoms with E-state index in [2.05, 4.69) is 22.6 Å². The molecular weight excluding hydrogens is 303 g/mol. The highest BCUT2D eigenvalue weighted by molar-refractivity contribution is 14.1. The Bertz CT molecular complexity index is 334. The first-order valence-electron chi connectivity index (χ1n) is 4.98. The minimum absolute atomic E-state index is 0.146. The summed E-state index contributed by atoms with van der Waals surface area (Å²) in [6.45, 7) is 4.56. The molecule has 0 aliphatic rings. The minimum atomic E-state index is -0.146. The van der Waals surface area contributed by atoms with Gasteiger partial charge in [0.05, 0.1) is 13.0 Å². The van der Waals surface area contributed by atoms with E-state index >= 15 is 0 Å². The Balaban J connectivity index is 2.48. The molecule has 0 N–H and O–H groups in total. The summed E-state index contributed by atoms with van der Waals surface area (Å²) < 4.78 is 6.23. The molecule has 0 bridgehead atoms. The van der Waals surface area contributed by atoms with Gasteiger partial charge in [-0.2, -0.15) is 0 Å². The lowest BCUT2D eigenvalue weighted by Crippen LogP contribution is -2.12. The molecule has 0 saturated carbocycles. The molecule has 0 saturated heterocycles. The van der Waals surface area contributed by atoms with Crippen LogP contribution in [0.4, 0.5) is 0 Å². The van der Waals surface area contributed by atoms with Gasteiger partial charge in [-0.15, -0.1) is 0 Å². The lowest BCUT2D eigenvalue weighted by atomic mass is 10.1. The zero-order chi connectivity index (χ0) is 11.3. The number of esters is 1. The van der Waals surface area contributed by atoms with Gasteiger partial charge in [0, 0.05) is 3.57 Å². The number of ether oxygens (including phenoxy) is 1. The maximum atomic E-state index is 11.4. The molecule has 0 aliphatic heterocycles. The maximum absolute atomic E-state index is 11.4. The first kappa shape index (κ1) is 12.5. The fraction of sp³-hybridized carbons (Fsp3) is 0.417. The Kier molecular flexibility index (Phi) is 5.08. The van der Waals surface area contributed by atoms with E-state index < -0.39 is 0 Å². The van der Waals surface area contributed by atoms with Crippen molar-refractivity contribution in [1.29, 1.82) is 0 Å². The molecule has 1 aromatic rings. The topological polar surface area (TPSA) is 26.3 Å². The molecule has 3 heteroatoms. The van der Waals surface area contributed by atoms with Crippen LogP contribution < -0.4 is 0 Å². The Labute approximate surface area is 104 Å². The third-order valence-electron chi connectivity index (χ3n) is 1.87. The summed E-state index contributed by atoms with van der Waals surface area (Å²) in [7, 11) is 0. The smallest absolute Gasteiger partial charge is 0.310 e. The zero-order valence-corrected chi connectivity index (χ0v) is 11.2. The molecule has 0 unspecified atom stereocenters. The van der Waals surface area contributed by atoms with Crippen LogP contribution in [0.3, 0.4) is 0 Å². The minimum Gasteiger partial charge on any atom is -0.465 e. The van der Waals surface area contributed by atoms with Crippen LogP contribution in [0.5, 0.6) is 0 Å². The van der Waals surface area contributed by atoms with Crippen LogP contribution in [0.2, 0.25) is 0 Å². The normalized spacial score (nSPS) is 10.4. The lowest BCUT2D eigenvalue weighted by molar-refractivity contribution is -0.143. The third kappa shape index (κ3) is 4.64. The highest BCUT2D eigenvalue weighted by atomic mass is 127. The number of hydrogen-bond donors (Lipinski definition) is 0. The summed E-state index contributed by atoms with van der Waals surface area (Å²) in [6, 6.07) is 7.85. The van der Waals surface area contributed by atoms with Crippen molar-refractivity contribution in [3.8, 4) is 0 Å². The second-order valence-electron chi connectivity index (χ2n) is 3.85. The number of halogens is 1. The van der Waals surface area contributed by atoms with Crippen molar-refractivity contribution in [2.45, 2.75) is 20.3 Å². The van der Waals surface area contributed by atoms with E-state index in [1.807, 2.05) is 38.1 Å². The van der Waals surface area contributed by atoms with Crippen LogP contribution in [-0.4, -0.2) is 12.6 Å². The molecule has 1 rings (SSSR count). The van der Waals surface area contributed by atoms with Crippen molar-refractivity contribution in [3.63, 3.8) is 0 Å². The van der Waals surface area contributed by atoms with Crippen molar-refractivity contribution in [1.82, 2.24) is 0 Å². The van der Waals surface area contributed by atoms with Crippen LogP contribution in [-0.2, 0) is 16.0 Å². The quantitative estimate of drug-likeness (QED) is 0.630. The van der Waals surface area contributed by atoms with Gasteiger partial charge >= 0.3 is 5.97 Å². The number of carbonyl (C=O) groups excluding carboxylic acids is 1. The lowest BCUT2D eigenvalue weighted by Gasteiger charge is -2.07. The highest BCUT2D eigenvalue weighted by Crippen LogP contribution is 2.12. The molecule has 0 amide bonds. The monoisotopic (exact) mass is 318 g/mol. The summed E-state index contributed by atoms with van der Waals surface area (Å²) in [5.41, 5.74) is 1.03. The Hall–Kier alpha value is -0.580. The zero-order valence-electron chi connectivity index (χ0n) is 9.00. The van der Waals surface area contributed by atoms with Crippen LogP contribution in [0.1, 0.15) is 19.4 Å². The largest absolute Gasteiger partial charge is 0.465 e. The molecule has 0 aliphatic carbocycles. The highest BCUT2D eigenvalue weighted by Gasteiger charge is 2.07. The van der Waals surface area contributed by atoms with Crippen molar-refractivity contribution in [2.24, 2.45) is 5.92 Å². The van der Waals surface area contributed by atoms with Crippen LogP contribution in [0.15, 0.2) is 24.3 Å². The molecule has 0 fully saturated rings. The van der Waals surface area contributed by atoms with Gasteiger partial charge in [-0.25, -0.2) is 0 Å². The number of hydrogen-bond acceptors (Lipinski definition) is 2. The van der Waals surface area contributed by atoms with Crippen molar-refractivity contribution < 1.29 is 9.53 Å². The van der Waals surface area contributed by atoms with Gasteiger partial charge in [-0.1, -0.05) is 32.0 Å². The number of rotatable bonds is 4.